The molecule has 0 bridgehead atoms. The topological polar surface area (TPSA) is 182 Å². The first kappa shape index (κ1) is 51.9. The Kier molecular flexibility index (Phi) is 16.9. The summed E-state index contributed by atoms with van der Waals surface area (Å²) < 4.78 is 28.1. The SMILES string of the molecule is CC(=O)Oc1cc2c(c3ccccc13)C(CCl)CN2C(=O)c1ccc(C(=O)N2CC(CCl)c3c2cc(OC(=O)N(C)CCN(C)C(=O)CCOCCOCCOCCN2C(=O)C=CC2=O)c2ccccc32)s1. The molecule has 8 rings (SSSR count). The molecule has 4 heterocycles. The van der Waals surface area contributed by atoms with Crippen molar-refractivity contribution in [3.05, 3.63) is 106 Å². The van der Waals surface area contributed by atoms with Crippen LogP contribution in [0.5, 0.6) is 11.5 Å². The van der Waals surface area contributed by atoms with Gasteiger partial charge in [-0.25, -0.2) is 4.79 Å². The van der Waals surface area contributed by atoms with Gasteiger partial charge >= 0.3 is 12.1 Å². The van der Waals surface area contributed by atoms with Gasteiger partial charge in [-0.2, -0.15) is 0 Å². The molecule has 1 aromatic heterocycles. The summed E-state index contributed by atoms with van der Waals surface area (Å²) in [5.74, 6) is -1.42. The van der Waals surface area contributed by atoms with Crippen molar-refractivity contribution in [2.45, 2.75) is 25.2 Å². The van der Waals surface area contributed by atoms with Crippen LogP contribution in [0.2, 0.25) is 0 Å². The molecule has 5 aromatic rings. The van der Waals surface area contributed by atoms with Crippen LogP contribution >= 0.6 is 34.5 Å². The maximum absolute atomic E-state index is 14.5. The average molecular weight is 1040 g/mol. The van der Waals surface area contributed by atoms with Crippen molar-refractivity contribution >= 4 is 109 Å². The van der Waals surface area contributed by atoms with E-state index in [4.69, 9.17) is 46.9 Å². The molecule has 6 amide bonds. The van der Waals surface area contributed by atoms with Crippen molar-refractivity contribution in [3.63, 3.8) is 0 Å². The molecule has 378 valence electrons. The lowest BCUT2D eigenvalue weighted by Crippen LogP contribution is -2.38. The molecule has 0 N–H and O–H groups in total. The first-order chi connectivity index (χ1) is 34.8. The molecule has 0 saturated heterocycles. The number of halogens is 2. The number of fused-ring (bicyclic) bond motifs is 6. The highest BCUT2D eigenvalue weighted by molar-refractivity contribution is 7.16. The van der Waals surface area contributed by atoms with E-state index in [-0.39, 0.29) is 118 Å². The molecular formula is C52H53Cl2N5O12S. The number of alkyl halides is 2. The van der Waals surface area contributed by atoms with Crippen molar-refractivity contribution in [1.82, 2.24) is 14.7 Å². The number of carbonyl (C=O) groups excluding carboxylic acids is 7. The molecule has 17 nitrogen and oxygen atoms in total. The van der Waals surface area contributed by atoms with Crippen molar-refractivity contribution in [3.8, 4) is 11.5 Å². The van der Waals surface area contributed by atoms with E-state index in [1.54, 1.807) is 48.2 Å². The molecule has 4 aromatic carbocycles. The number of ether oxygens (including phenoxy) is 5. The van der Waals surface area contributed by atoms with Gasteiger partial charge < -0.3 is 43.3 Å². The third kappa shape index (κ3) is 11.3. The Morgan fingerprint density at radius 2 is 1.08 bits per heavy atom. The van der Waals surface area contributed by atoms with Crippen LogP contribution in [0.25, 0.3) is 21.5 Å². The van der Waals surface area contributed by atoms with Crippen LogP contribution in [-0.2, 0) is 33.4 Å². The zero-order chi connectivity index (χ0) is 51.1. The average Bonchev–Trinajstić information content (AvgIpc) is 4.19. The van der Waals surface area contributed by atoms with Gasteiger partial charge in [-0.1, -0.05) is 48.5 Å². The third-order valence-corrected chi connectivity index (χ3v) is 14.5. The molecule has 3 aliphatic rings. The highest BCUT2D eigenvalue weighted by atomic mass is 35.5. The Bertz CT molecular complexity index is 2930. The normalized spacial score (nSPS) is 15.9. The largest absolute Gasteiger partial charge is 0.426 e. The Morgan fingerprint density at radius 3 is 1.58 bits per heavy atom. The number of imide groups is 1. The fourth-order valence-corrected chi connectivity index (χ4v) is 10.4. The molecule has 0 spiro atoms. The van der Waals surface area contributed by atoms with Gasteiger partial charge in [-0.15, -0.1) is 34.5 Å². The lowest BCUT2D eigenvalue weighted by atomic mass is 9.95. The van der Waals surface area contributed by atoms with Crippen molar-refractivity contribution in [1.29, 1.82) is 0 Å². The number of amides is 6. The molecule has 3 aliphatic heterocycles. The number of carbonyl (C=O) groups is 7. The van der Waals surface area contributed by atoms with E-state index >= 15 is 0 Å². The molecule has 0 aliphatic carbocycles. The predicted octanol–water partition coefficient (Wildman–Crippen LogP) is 7.20. The van der Waals surface area contributed by atoms with Gasteiger partial charge in [0.25, 0.3) is 23.6 Å². The van der Waals surface area contributed by atoms with Gasteiger partial charge in [0.15, 0.2) is 0 Å². The van der Waals surface area contributed by atoms with E-state index < -0.39 is 12.1 Å². The minimum Gasteiger partial charge on any atom is -0.426 e. The highest BCUT2D eigenvalue weighted by Gasteiger charge is 2.39. The Hall–Kier alpha value is -6.41. The Labute approximate surface area is 429 Å². The Morgan fingerprint density at radius 1 is 0.625 bits per heavy atom. The molecule has 0 saturated carbocycles. The number of esters is 1. The van der Waals surface area contributed by atoms with Gasteiger partial charge in [-0.3, -0.25) is 33.7 Å². The smallest absolute Gasteiger partial charge is 0.415 e. The second-order valence-electron chi connectivity index (χ2n) is 17.4. The standard InChI is InChI=1S/C52H53Cl2N5O12S/c1-32(60)70-41-26-39-48(37-10-6-4-8-35(37)41)33(28-53)30-58(39)50(64)43-12-13-44(72-43)51(65)59-31-34(29-54)49-38-11-7-5-9-36(38)42(27-40(49)59)71-52(66)56(3)18-17-55(2)45(61)16-20-67-22-24-69-25-23-68-21-19-57-46(62)14-15-47(57)63/h4-15,26-27,33-34H,16-25,28-31H2,1-3H3. The summed E-state index contributed by atoms with van der Waals surface area (Å²) in [7, 11) is 3.21. The lowest BCUT2D eigenvalue weighted by Gasteiger charge is -2.23. The minimum absolute atomic E-state index is 0.124. The van der Waals surface area contributed by atoms with Crippen molar-refractivity contribution in [2.24, 2.45) is 0 Å². The summed E-state index contributed by atoms with van der Waals surface area (Å²) in [6, 6.07) is 21.6. The van der Waals surface area contributed by atoms with Crippen LogP contribution in [0, 0.1) is 0 Å². The van der Waals surface area contributed by atoms with Gasteiger partial charge in [0.05, 0.1) is 73.7 Å². The highest BCUT2D eigenvalue weighted by Crippen LogP contribution is 2.48. The number of benzene rings is 4. The summed E-state index contributed by atoms with van der Waals surface area (Å²) >= 11 is 14.1. The Balaban J connectivity index is 0.861. The second kappa shape index (κ2) is 23.4. The summed E-state index contributed by atoms with van der Waals surface area (Å²) in [6.45, 7) is 3.97. The second-order valence-corrected chi connectivity index (χ2v) is 19.1. The maximum atomic E-state index is 14.5. The summed E-state index contributed by atoms with van der Waals surface area (Å²) in [4.78, 5) is 98.5. The molecular weight excluding hydrogens is 990 g/mol. The molecule has 0 fully saturated rings. The summed E-state index contributed by atoms with van der Waals surface area (Å²) in [5.41, 5.74) is 2.86. The summed E-state index contributed by atoms with van der Waals surface area (Å²) in [6.07, 6.45) is 1.91. The minimum atomic E-state index is -0.664. The van der Waals surface area contributed by atoms with Crippen molar-refractivity contribution in [2.75, 3.05) is 108 Å². The number of hydrogen-bond donors (Lipinski definition) is 0. The fraction of sp³-hybridized carbons (Fsp3) is 0.365. The number of nitrogens with zero attached hydrogens (tertiary/aromatic N) is 5. The lowest BCUT2D eigenvalue weighted by molar-refractivity contribution is -0.138. The number of thiophene rings is 1. The van der Waals surface area contributed by atoms with Gasteiger partial charge in [0.1, 0.15) is 11.5 Å². The third-order valence-electron chi connectivity index (χ3n) is 12.7. The van der Waals surface area contributed by atoms with Crippen molar-refractivity contribution < 1.29 is 57.2 Å². The van der Waals surface area contributed by atoms with E-state index in [1.165, 1.54) is 28.9 Å². The van der Waals surface area contributed by atoms with Gasteiger partial charge in [-0.05, 0) is 34.0 Å². The number of rotatable bonds is 21. The van der Waals surface area contributed by atoms with Crippen LogP contribution in [0.3, 0.4) is 0 Å². The molecule has 72 heavy (non-hydrogen) atoms. The van der Waals surface area contributed by atoms with E-state index in [1.807, 2.05) is 48.5 Å². The zero-order valence-electron chi connectivity index (χ0n) is 39.9. The quantitative estimate of drug-likeness (QED) is 0.0237. The predicted molar refractivity (Wildman–Crippen MR) is 273 cm³/mol. The molecule has 20 heteroatoms. The summed E-state index contributed by atoms with van der Waals surface area (Å²) in [5, 5.41) is 3.01. The molecule has 2 unspecified atom stereocenters. The van der Waals surface area contributed by atoms with Crippen LogP contribution < -0.4 is 19.3 Å². The molecule has 2 atom stereocenters. The monoisotopic (exact) mass is 1040 g/mol. The van der Waals surface area contributed by atoms with Crippen LogP contribution in [0.15, 0.2) is 84.9 Å². The van der Waals surface area contributed by atoms with Crippen LogP contribution in [-0.4, -0.2) is 155 Å². The first-order valence-electron chi connectivity index (χ1n) is 23.4. The number of likely N-dealkylation sites (N-methyl/N-ethyl adjacent to an activating group) is 2. The van der Waals surface area contributed by atoms with Gasteiger partial charge in [0.2, 0.25) is 5.91 Å². The van der Waals surface area contributed by atoms with E-state index in [2.05, 4.69) is 0 Å². The van der Waals surface area contributed by atoms with E-state index in [0.717, 1.165) is 43.5 Å². The first-order valence-corrected chi connectivity index (χ1v) is 25.3. The molecule has 0 radical (unpaired) electrons. The fourth-order valence-electron chi connectivity index (χ4n) is 9.01. The van der Waals surface area contributed by atoms with E-state index in [9.17, 15) is 33.6 Å². The maximum Gasteiger partial charge on any atom is 0.415 e. The number of hydrogen-bond acceptors (Lipinski definition) is 13. The number of anilines is 2. The zero-order valence-corrected chi connectivity index (χ0v) is 42.3. The van der Waals surface area contributed by atoms with Crippen LogP contribution in [0.4, 0.5) is 16.2 Å². The van der Waals surface area contributed by atoms with E-state index in [0.29, 0.717) is 52.0 Å². The van der Waals surface area contributed by atoms with Gasteiger partial charge in [0, 0.05) is 106 Å². The van der Waals surface area contributed by atoms with Crippen LogP contribution in [0.1, 0.15) is 55.7 Å².